The molecular weight excluding hydrogens is 173 g/mol. The Morgan fingerprint density at radius 2 is 1.83 bits per heavy atom. The van der Waals surface area contributed by atoms with Crippen LogP contribution in [0.5, 0.6) is 0 Å². The van der Waals surface area contributed by atoms with Crippen LogP contribution in [-0.4, -0.2) is 19.3 Å². The number of rotatable bonds is 6. The molecule has 0 bridgehead atoms. The minimum atomic E-state index is -4.06. The summed E-state index contributed by atoms with van der Waals surface area (Å²) >= 11 is 0. The third-order valence-corrected chi connectivity index (χ3v) is 1.29. The molecule has 12 heavy (non-hydrogen) atoms. The van der Waals surface area contributed by atoms with Gasteiger partial charge >= 0.3 is 6.18 Å². The third-order valence-electron chi connectivity index (χ3n) is 1.29. The van der Waals surface area contributed by atoms with Crippen molar-refractivity contribution in [3.63, 3.8) is 0 Å². The van der Waals surface area contributed by atoms with E-state index in [2.05, 4.69) is 4.74 Å². The van der Waals surface area contributed by atoms with Gasteiger partial charge in [-0.15, -0.1) is 0 Å². The fourth-order valence-electron chi connectivity index (χ4n) is 0.736. The Kier molecular flexibility index (Phi) is 5.49. The first-order chi connectivity index (χ1) is 5.56. The molecule has 0 amide bonds. The van der Waals surface area contributed by atoms with E-state index in [0.29, 0.717) is 19.3 Å². The molecular formula is C7H11F3O2. The predicted octanol–water partition coefficient (Wildman–Crippen LogP) is 2.28. The van der Waals surface area contributed by atoms with E-state index in [9.17, 15) is 18.0 Å². The van der Waals surface area contributed by atoms with E-state index >= 15 is 0 Å². The van der Waals surface area contributed by atoms with Crippen LogP contribution in [-0.2, 0) is 9.53 Å². The van der Waals surface area contributed by atoms with Crippen LogP contribution in [0.15, 0.2) is 0 Å². The van der Waals surface area contributed by atoms with E-state index in [1.807, 2.05) is 0 Å². The molecule has 0 heterocycles. The summed E-state index contributed by atoms with van der Waals surface area (Å²) in [6, 6.07) is 0. The smallest absolute Gasteiger partial charge is 0.389 e. The molecule has 2 nitrogen and oxygen atoms in total. The molecule has 0 aliphatic carbocycles. The monoisotopic (exact) mass is 184 g/mol. The molecule has 0 aromatic carbocycles. The summed E-state index contributed by atoms with van der Waals surface area (Å²) in [6.45, 7) is 0.505. The van der Waals surface area contributed by atoms with Crippen LogP contribution in [0.2, 0.25) is 0 Å². The van der Waals surface area contributed by atoms with Crippen LogP contribution in [0, 0.1) is 0 Å². The standard InChI is InChI=1S/C7H11F3O2/c8-7(9,10)4-2-1-3-5-12-6-11/h6H,1-5H2. The summed E-state index contributed by atoms with van der Waals surface area (Å²) in [7, 11) is 0. The number of ether oxygens (including phenoxy) is 1. The lowest BCUT2D eigenvalue weighted by Crippen LogP contribution is -2.06. The van der Waals surface area contributed by atoms with Crippen molar-refractivity contribution in [3.05, 3.63) is 0 Å². The van der Waals surface area contributed by atoms with E-state index in [1.165, 1.54) is 0 Å². The van der Waals surface area contributed by atoms with Crippen LogP contribution >= 0.6 is 0 Å². The Hall–Kier alpha value is -0.740. The van der Waals surface area contributed by atoms with Crippen molar-refractivity contribution in [2.75, 3.05) is 6.61 Å². The fraction of sp³-hybridized carbons (Fsp3) is 0.857. The Labute approximate surface area is 68.7 Å². The number of carbonyl (C=O) groups is 1. The van der Waals surface area contributed by atoms with E-state index in [-0.39, 0.29) is 13.0 Å². The van der Waals surface area contributed by atoms with Crippen LogP contribution in [0.25, 0.3) is 0 Å². The van der Waals surface area contributed by atoms with Gasteiger partial charge in [-0.3, -0.25) is 4.79 Å². The Balaban J connectivity index is 3.06. The van der Waals surface area contributed by atoms with Gasteiger partial charge in [-0.05, 0) is 19.3 Å². The SMILES string of the molecule is O=COCCCCCC(F)(F)F. The average Bonchev–Trinajstić information content (AvgIpc) is 1.94. The first-order valence-corrected chi connectivity index (χ1v) is 3.68. The third kappa shape index (κ3) is 9.26. The zero-order chi connectivity index (χ0) is 9.45. The van der Waals surface area contributed by atoms with Gasteiger partial charge in [0.05, 0.1) is 6.61 Å². The molecule has 0 rings (SSSR count). The molecule has 0 fully saturated rings. The molecule has 0 radical (unpaired) electrons. The maximum absolute atomic E-state index is 11.5. The van der Waals surface area contributed by atoms with Crippen molar-refractivity contribution < 1.29 is 22.7 Å². The van der Waals surface area contributed by atoms with Gasteiger partial charge in [-0.25, -0.2) is 0 Å². The molecule has 0 aliphatic rings. The highest BCUT2D eigenvalue weighted by Gasteiger charge is 2.25. The summed E-state index contributed by atoms with van der Waals surface area (Å²) in [5.74, 6) is 0. The second-order valence-corrected chi connectivity index (χ2v) is 2.39. The number of unbranched alkanes of at least 4 members (excludes halogenated alkanes) is 2. The van der Waals surface area contributed by atoms with Gasteiger partial charge in [0.25, 0.3) is 6.47 Å². The largest absolute Gasteiger partial charge is 0.468 e. The number of hydrogen-bond acceptors (Lipinski definition) is 2. The van der Waals surface area contributed by atoms with E-state index in [1.54, 1.807) is 0 Å². The maximum Gasteiger partial charge on any atom is 0.389 e. The molecule has 0 N–H and O–H groups in total. The molecule has 0 aliphatic heterocycles. The predicted molar refractivity (Wildman–Crippen MR) is 36.5 cm³/mol. The molecule has 0 aromatic rings. The summed E-state index contributed by atoms with van der Waals surface area (Å²) < 4.78 is 38.9. The van der Waals surface area contributed by atoms with Gasteiger partial charge in [0.2, 0.25) is 0 Å². The summed E-state index contributed by atoms with van der Waals surface area (Å²) in [6.07, 6.45) is -3.78. The topological polar surface area (TPSA) is 26.3 Å². The van der Waals surface area contributed by atoms with Crippen molar-refractivity contribution in [1.82, 2.24) is 0 Å². The number of hydrogen-bond donors (Lipinski definition) is 0. The van der Waals surface area contributed by atoms with Crippen molar-refractivity contribution in [2.45, 2.75) is 31.9 Å². The molecule has 0 saturated carbocycles. The molecule has 0 saturated heterocycles. The number of halogens is 3. The minimum absolute atomic E-state index is 0.103. The van der Waals surface area contributed by atoms with Crippen molar-refractivity contribution in [2.24, 2.45) is 0 Å². The van der Waals surface area contributed by atoms with Crippen molar-refractivity contribution >= 4 is 6.47 Å². The Morgan fingerprint density at radius 1 is 1.17 bits per heavy atom. The highest BCUT2D eigenvalue weighted by Crippen LogP contribution is 2.22. The maximum atomic E-state index is 11.5. The lowest BCUT2D eigenvalue weighted by molar-refractivity contribution is -0.136. The fourth-order valence-corrected chi connectivity index (χ4v) is 0.736. The van der Waals surface area contributed by atoms with Crippen LogP contribution in [0.3, 0.4) is 0 Å². The average molecular weight is 184 g/mol. The van der Waals surface area contributed by atoms with Gasteiger partial charge in [-0.2, -0.15) is 13.2 Å². The van der Waals surface area contributed by atoms with Gasteiger partial charge in [0.15, 0.2) is 0 Å². The van der Waals surface area contributed by atoms with E-state index in [0.717, 1.165) is 0 Å². The van der Waals surface area contributed by atoms with Crippen molar-refractivity contribution in [1.29, 1.82) is 0 Å². The number of carbonyl (C=O) groups excluding carboxylic acids is 1. The second-order valence-electron chi connectivity index (χ2n) is 2.39. The van der Waals surface area contributed by atoms with Gasteiger partial charge in [0.1, 0.15) is 0 Å². The Morgan fingerprint density at radius 3 is 2.33 bits per heavy atom. The van der Waals surface area contributed by atoms with Crippen LogP contribution in [0.1, 0.15) is 25.7 Å². The van der Waals surface area contributed by atoms with Crippen molar-refractivity contribution in [3.8, 4) is 0 Å². The normalized spacial score (nSPS) is 11.2. The molecule has 72 valence electrons. The zero-order valence-electron chi connectivity index (χ0n) is 6.56. The molecule has 0 spiro atoms. The second kappa shape index (κ2) is 5.85. The molecule has 0 unspecified atom stereocenters. The van der Waals surface area contributed by atoms with Gasteiger partial charge in [-0.1, -0.05) is 0 Å². The van der Waals surface area contributed by atoms with Gasteiger partial charge < -0.3 is 4.74 Å². The number of alkyl halides is 3. The molecule has 0 atom stereocenters. The van der Waals surface area contributed by atoms with Gasteiger partial charge in [0, 0.05) is 6.42 Å². The zero-order valence-corrected chi connectivity index (χ0v) is 6.56. The highest BCUT2D eigenvalue weighted by molar-refractivity contribution is 5.36. The first kappa shape index (κ1) is 11.3. The summed E-state index contributed by atoms with van der Waals surface area (Å²) in [5.41, 5.74) is 0. The molecule has 0 aromatic heterocycles. The summed E-state index contributed by atoms with van der Waals surface area (Å²) in [5, 5.41) is 0. The first-order valence-electron chi connectivity index (χ1n) is 3.68. The van der Waals surface area contributed by atoms with Crippen LogP contribution < -0.4 is 0 Å². The van der Waals surface area contributed by atoms with E-state index in [4.69, 9.17) is 0 Å². The Bertz CT molecular complexity index is 122. The van der Waals surface area contributed by atoms with E-state index < -0.39 is 12.6 Å². The minimum Gasteiger partial charge on any atom is -0.468 e. The lowest BCUT2D eigenvalue weighted by Gasteiger charge is -2.04. The lowest BCUT2D eigenvalue weighted by atomic mass is 10.2. The quantitative estimate of drug-likeness (QED) is 0.467. The highest BCUT2D eigenvalue weighted by atomic mass is 19.4. The van der Waals surface area contributed by atoms with Crippen LogP contribution in [0.4, 0.5) is 13.2 Å². The molecule has 5 heteroatoms. The summed E-state index contributed by atoms with van der Waals surface area (Å²) in [4.78, 5) is 9.59.